The molecule has 2 aromatic rings. The highest BCUT2D eigenvalue weighted by Crippen LogP contribution is 2.24. The van der Waals surface area contributed by atoms with Crippen LogP contribution in [0.15, 0.2) is 39.9 Å². The van der Waals surface area contributed by atoms with Gasteiger partial charge in [-0.1, -0.05) is 12.5 Å². The number of nitrogens with one attached hydrogen (secondary N) is 1. The van der Waals surface area contributed by atoms with Crippen LogP contribution >= 0.6 is 23.7 Å². The summed E-state index contributed by atoms with van der Waals surface area (Å²) in [5.41, 5.74) is 2.38. The number of fused-ring (bicyclic) bond motifs is 1. The molecule has 0 fully saturated rings. The van der Waals surface area contributed by atoms with E-state index in [1.54, 1.807) is 29.0 Å². The number of thiophene rings is 1. The maximum atomic E-state index is 12.0. The van der Waals surface area contributed by atoms with Gasteiger partial charge in [0.2, 0.25) is 10.0 Å². The molecule has 1 aliphatic heterocycles. The van der Waals surface area contributed by atoms with Crippen molar-refractivity contribution < 1.29 is 13.3 Å². The molecule has 0 aliphatic carbocycles. The Labute approximate surface area is 175 Å². The molecule has 7 nitrogen and oxygen atoms in total. The Hall–Kier alpha value is -1.52. The van der Waals surface area contributed by atoms with Crippen LogP contribution < -0.4 is 4.72 Å². The molecular weight excluding hydrogens is 422 g/mol. The fraction of sp³-hybridized carbons (Fsp3) is 0.444. The summed E-state index contributed by atoms with van der Waals surface area (Å²) in [5.74, 6) is 0. The lowest BCUT2D eigenvalue weighted by atomic mass is 9.99. The Morgan fingerprint density at radius 1 is 1.18 bits per heavy atom. The second-order valence-corrected chi connectivity index (χ2v) is 9.20. The number of nitro benzene ring substituents is 1. The van der Waals surface area contributed by atoms with Gasteiger partial charge in [0, 0.05) is 37.1 Å². The molecule has 0 unspecified atom stereocenters. The summed E-state index contributed by atoms with van der Waals surface area (Å²) in [7, 11) is -3.37. The third-order valence-corrected chi connectivity index (χ3v) is 7.03. The molecule has 1 aromatic carbocycles. The minimum atomic E-state index is -3.37. The van der Waals surface area contributed by atoms with Crippen LogP contribution in [0.25, 0.3) is 0 Å². The first-order chi connectivity index (χ1) is 13.0. The lowest BCUT2D eigenvalue weighted by molar-refractivity contribution is -0.385. The standard InChI is InChI=1S/C18H23N3O4S2.ClH/c22-21(23)17-5-4-15-6-10-20(13-16(15)12-17)9-3-1-2-8-19-27(24,25)18-7-11-26-14-18;/h4-5,7,11-12,14,19H,1-3,6,8-10,13H2;1H. The zero-order valence-corrected chi connectivity index (χ0v) is 17.8. The molecule has 154 valence electrons. The van der Waals surface area contributed by atoms with Gasteiger partial charge in [-0.3, -0.25) is 15.0 Å². The second kappa shape index (κ2) is 10.3. The molecule has 1 aliphatic rings. The van der Waals surface area contributed by atoms with Crippen molar-refractivity contribution in [1.29, 1.82) is 0 Å². The maximum Gasteiger partial charge on any atom is 0.269 e. The van der Waals surface area contributed by atoms with Crippen LogP contribution in [0, 0.1) is 10.1 Å². The number of halogens is 1. The minimum absolute atomic E-state index is 0. The van der Waals surface area contributed by atoms with Gasteiger partial charge in [-0.05, 0) is 48.4 Å². The van der Waals surface area contributed by atoms with E-state index in [2.05, 4.69) is 9.62 Å². The molecule has 0 saturated heterocycles. The van der Waals surface area contributed by atoms with Crippen molar-refractivity contribution in [2.45, 2.75) is 37.1 Å². The Bertz CT molecular complexity index is 888. The van der Waals surface area contributed by atoms with E-state index in [1.807, 2.05) is 6.07 Å². The predicted molar refractivity (Wildman–Crippen MR) is 113 cm³/mol. The highest BCUT2D eigenvalue weighted by molar-refractivity contribution is 7.89. The number of unbranched alkanes of at least 4 members (excludes halogenated alkanes) is 2. The molecule has 2 heterocycles. The van der Waals surface area contributed by atoms with Crippen molar-refractivity contribution in [2.24, 2.45) is 0 Å². The van der Waals surface area contributed by atoms with Gasteiger partial charge in [-0.25, -0.2) is 13.1 Å². The molecule has 0 saturated carbocycles. The average molecular weight is 446 g/mol. The van der Waals surface area contributed by atoms with Gasteiger partial charge in [-0.15, -0.1) is 12.4 Å². The van der Waals surface area contributed by atoms with E-state index in [9.17, 15) is 18.5 Å². The number of hydrogen-bond acceptors (Lipinski definition) is 6. The second-order valence-electron chi connectivity index (χ2n) is 6.65. The van der Waals surface area contributed by atoms with E-state index >= 15 is 0 Å². The number of nitrogens with zero attached hydrogens (tertiary/aromatic N) is 2. The lowest BCUT2D eigenvalue weighted by Crippen LogP contribution is -2.31. The van der Waals surface area contributed by atoms with Gasteiger partial charge in [0.15, 0.2) is 0 Å². The summed E-state index contributed by atoms with van der Waals surface area (Å²) in [4.78, 5) is 13.2. The summed E-state index contributed by atoms with van der Waals surface area (Å²) in [6.45, 7) is 3.05. The van der Waals surface area contributed by atoms with Crippen molar-refractivity contribution in [2.75, 3.05) is 19.6 Å². The van der Waals surface area contributed by atoms with Crippen molar-refractivity contribution in [3.05, 3.63) is 56.3 Å². The number of sulfonamides is 1. The van der Waals surface area contributed by atoms with Crippen molar-refractivity contribution >= 4 is 39.5 Å². The van der Waals surface area contributed by atoms with Crippen LogP contribution in [0.5, 0.6) is 0 Å². The van der Waals surface area contributed by atoms with Gasteiger partial charge < -0.3 is 0 Å². The van der Waals surface area contributed by atoms with Gasteiger partial charge in [0.1, 0.15) is 0 Å². The SMILES string of the molecule is Cl.O=[N+]([O-])c1ccc2c(c1)CN(CCCCCNS(=O)(=O)c1ccsc1)CC2. The van der Waals surface area contributed by atoms with E-state index in [-0.39, 0.29) is 23.0 Å². The molecule has 1 N–H and O–H groups in total. The summed E-state index contributed by atoms with van der Waals surface area (Å²) in [5, 5.41) is 14.3. The number of nitro groups is 1. The number of non-ortho nitro benzene ring substituents is 1. The first-order valence-corrected chi connectivity index (χ1v) is 11.4. The third kappa shape index (κ3) is 5.99. The highest BCUT2D eigenvalue weighted by Gasteiger charge is 2.18. The van der Waals surface area contributed by atoms with Crippen molar-refractivity contribution in [3.63, 3.8) is 0 Å². The Morgan fingerprint density at radius 3 is 2.71 bits per heavy atom. The van der Waals surface area contributed by atoms with E-state index in [0.717, 1.165) is 50.9 Å². The number of hydrogen-bond donors (Lipinski definition) is 1. The Morgan fingerprint density at radius 2 is 2.00 bits per heavy atom. The summed E-state index contributed by atoms with van der Waals surface area (Å²) >= 11 is 1.37. The minimum Gasteiger partial charge on any atom is -0.299 e. The molecule has 0 bridgehead atoms. The fourth-order valence-electron chi connectivity index (χ4n) is 3.24. The third-order valence-electron chi connectivity index (χ3n) is 4.74. The summed E-state index contributed by atoms with van der Waals surface area (Å²) < 4.78 is 26.6. The van der Waals surface area contributed by atoms with E-state index < -0.39 is 10.0 Å². The van der Waals surface area contributed by atoms with Crippen molar-refractivity contribution in [1.82, 2.24) is 9.62 Å². The quantitative estimate of drug-likeness (QED) is 0.361. The van der Waals surface area contributed by atoms with Crippen LogP contribution in [0.4, 0.5) is 5.69 Å². The average Bonchev–Trinajstić information content (AvgIpc) is 3.19. The van der Waals surface area contributed by atoms with Gasteiger partial charge in [0.25, 0.3) is 5.69 Å². The summed E-state index contributed by atoms with van der Waals surface area (Å²) in [6.07, 6.45) is 3.61. The monoisotopic (exact) mass is 445 g/mol. The predicted octanol–water partition coefficient (Wildman–Crippen LogP) is 3.59. The van der Waals surface area contributed by atoms with E-state index in [4.69, 9.17) is 0 Å². The van der Waals surface area contributed by atoms with E-state index in [1.165, 1.54) is 16.9 Å². The molecule has 0 radical (unpaired) electrons. The smallest absolute Gasteiger partial charge is 0.269 e. The van der Waals surface area contributed by atoms with Crippen LogP contribution in [-0.2, 0) is 23.0 Å². The zero-order chi connectivity index (χ0) is 19.3. The molecule has 10 heteroatoms. The molecule has 0 spiro atoms. The van der Waals surface area contributed by atoms with E-state index in [0.29, 0.717) is 11.4 Å². The van der Waals surface area contributed by atoms with Gasteiger partial charge in [-0.2, -0.15) is 11.3 Å². The van der Waals surface area contributed by atoms with Crippen LogP contribution in [0.2, 0.25) is 0 Å². The molecule has 0 amide bonds. The maximum absolute atomic E-state index is 12.0. The number of benzene rings is 1. The Balaban J connectivity index is 0.00000280. The molecule has 3 rings (SSSR count). The van der Waals surface area contributed by atoms with Crippen LogP contribution in [0.3, 0.4) is 0 Å². The topological polar surface area (TPSA) is 92.6 Å². The largest absolute Gasteiger partial charge is 0.299 e. The normalized spacial score (nSPS) is 14.3. The molecule has 0 atom stereocenters. The molecule has 28 heavy (non-hydrogen) atoms. The van der Waals surface area contributed by atoms with Crippen molar-refractivity contribution in [3.8, 4) is 0 Å². The van der Waals surface area contributed by atoms with Gasteiger partial charge >= 0.3 is 0 Å². The zero-order valence-electron chi connectivity index (χ0n) is 15.4. The van der Waals surface area contributed by atoms with Crippen LogP contribution in [0.1, 0.15) is 30.4 Å². The first-order valence-electron chi connectivity index (χ1n) is 8.96. The number of rotatable bonds is 9. The Kier molecular flexibility index (Phi) is 8.38. The first kappa shape index (κ1) is 22.8. The summed E-state index contributed by atoms with van der Waals surface area (Å²) in [6, 6.07) is 6.72. The molecular formula is C18H24ClN3O4S2. The van der Waals surface area contributed by atoms with Gasteiger partial charge in [0.05, 0.1) is 9.82 Å². The lowest BCUT2D eigenvalue weighted by Gasteiger charge is -2.28. The van der Waals surface area contributed by atoms with Crippen LogP contribution in [-0.4, -0.2) is 37.9 Å². The fourth-order valence-corrected chi connectivity index (χ4v) is 5.34. The highest BCUT2D eigenvalue weighted by atomic mass is 35.5. The molecule has 1 aromatic heterocycles.